The molecule has 1 aliphatic rings. The molecule has 26 heavy (non-hydrogen) atoms. The van der Waals surface area contributed by atoms with Crippen LogP contribution in [-0.4, -0.2) is 62.1 Å². The molecular weight excluding hydrogens is 348 g/mol. The fourth-order valence-electron chi connectivity index (χ4n) is 3.30. The smallest absolute Gasteiger partial charge is 0.253 e. The van der Waals surface area contributed by atoms with E-state index in [1.165, 1.54) is 0 Å². The number of ether oxygens (including phenoxy) is 1. The number of hydrogen-bond acceptors (Lipinski definition) is 3. The predicted molar refractivity (Wildman–Crippen MR) is 108 cm³/mol. The Morgan fingerprint density at radius 2 is 2.00 bits per heavy atom. The average molecular weight is 379 g/mol. The molecule has 5 heteroatoms. The van der Waals surface area contributed by atoms with Gasteiger partial charge in [-0.1, -0.05) is 17.7 Å². The van der Waals surface area contributed by atoms with Crippen LogP contribution >= 0.6 is 11.6 Å². The van der Waals surface area contributed by atoms with Crippen molar-refractivity contribution < 1.29 is 9.53 Å². The molecule has 144 valence electrons. The first-order chi connectivity index (χ1) is 12.6. The molecule has 1 heterocycles. The minimum absolute atomic E-state index is 0.111. The molecule has 0 atom stereocenters. The van der Waals surface area contributed by atoms with E-state index in [9.17, 15) is 4.79 Å². The van der Waals surface area contributed by atoms with E-state index < -0.39 is 0 Å². The lowest BCUT2D eigenvalue weighted by Gasteiger charge is -2.32. The Labute approximate surface area is 162 Å². The molecule has 0 aromatic heterocycles. The molecule has 4 nitrogen and oxygen atoms in total. The second-order valence-electron chi connectivity index (χ2n) is 7.05. The lowest BCUT2D eigenvalue weighted by atomic mass is 9.93. The first kappa shape index (κ1) is 20.9. The van der Waals surface area contributed by atoms with Crippen LogP contribution in [0.1, 0.15) is 36.0 Å². The minimum Gasteiger partial charge on any atom is -0.381 e. The van der Waals surface area contributed by atoms with Gasteiger partial charge in [-0.05, 0) is 62.9 Å². The van der Waals surface area contributed by atoms with Gasteiger partial charge in [0.25, 0.3) is 5.91 Å². The van der Waals surface area contributed by atoms with Crippen LogP contribution in [0.25, 0.3) is 0 Å². The monoisotopic (exact) mass is 378 g/mol. The number of hydrogen-bond donors (Lipinski definition) is 0. The third-order valence-electron chi connectivity index (χ3n) is 4.93. The average Bonchev–Trinajstić information content (AvgIpc) is 2.65. The first-order valence-electron chi connectivity index (χ1n) is 9.52. The van der Waals surface area contributed by atoms with E-state index in [-0.39, 0.29) is 5.91 Å². The Hall–Kier alpha value is -1.36. The topological polar surface area (TPSA) is 32.8 Å². The van der Waals surface area contributed by atoms with E-state index in [0.29, 0.717) is 10.9 Å². The normalized spacial score (nSPS) is 15.4. The van der Waals surface area contributed by atoms with E-state index in [0.717, 1.165) is 70.6 Å². The highest BCUT2D eigenvalue weighted by Crippen LogP contribution is 2.22. The summed E-state index contributed by atoms with van der Waals surface area (Å²) in [4.78, 5) is 16.7. The summed E-state index contributed by atoms with van der Waals surface area (Å²) in [6.07, 6.45) is 6.18. The Kier molecular flexibility index (Phi) is 9.16. The predicted octanol–water partition coefficient (Wildman–Crippen LogP) is 4.11. The number of amides is 1. The molecule has 0 bridgehead atoms. The molecule has 0 N–H and O–H groups in total. The molecule has 0 unspecified atom stereocenters. The van der Waals surface area contributed by atoms with Crippen molar-refractivity contribution in [3.63, 3.8) is 0 Å². The zero-order chi connectivity index (χ0) is 18.8. The van der Waals surface area contributed by atoms with Crippen LogP contribution < -0.4 is 0 Å². The first-order valence-corrected chi connectivity index (χ1v) is 9.90. The zero-order valence-corrected chi connectivity index (χ0v) is 16.6. The maximum absolute atomic E-state index is 12.5. The fraction of sp³-hybridized carbons (Fsp3) is 0.571. The number of nitrogens with zero attached hydrogens (tertiary/aromatic N) is 2. The summed E-state index contributed by atoms with van der Waals surface area (Å²) in [5.74, 6) is 0.771. The number of carbonyl (C=O) groups is 1. The molecule has 0 radical (unpaired) electrons. The van der Waals surface area contributed by atoms with Gasteiger partial charge in [-0.3, -0.25) is 4.79 Å². The SMILES string of the molecule is C=CCN(C)CCCOCCC1CCN(C(=O)c2ccc(Cl)cc2)CC1. The van der Waals surface area contributed by atoms with Crippen LogP contribution in [0.5, 0.6) is 0 Å². The third kappa shape index (κ3) is 7.10. The number of rotatable bonds is 10. The van der Waals surface area contributed by atoms with Crippen LogP contribution in [0, 0.1) is 5.92 Å². The molecule has 1 saturated heterocycles. The third-order valence-corrected chi connectivity index (χ3v) is 5.18. The molecule has 1 fully saturated rings. The van der Waals surface area contributed by atoms with Crippen LogP contribution in [0.15, 0.2) is 36.9 Å². The van der Waals surface area contributed by atoms with Gasteiger partial charge in [-0.15, -0.1) is 6.58 Å². The molecule has 2 rings (SSSR count). The summed E-state index contributed by atoms with van der Waals surface area (Å²) >= 11 is 5.89. The molecule has 1 aromatic carbocycles. The highest BCUT2D eigenvalue weighted by Gasteiger charge is 2.23. The maximum atomic E-state index is 12.5. The number of halogens is 1. The van der Waals surface area contributed by atoms with Gasteiger partial charge in [0.1, 0.15) is 0 Å². The van der Waals surface area contributed by atoms with Gasteiger partial charge in [0.05, 0.1) is 0 Å². The summed E-state index contributed by atoms with van der Waals surface area (Å²) in [6, 6.07) is 7.15. The lowest BCUT2D eigenvalue weighted by Crippen LogP contribution is -2.38. The van der Waals surface area contributed by atoms with Crippen molar-refractivity contribution in [1.29, 1.82) is 0 Å². The van der Waals surface area contributed by atoms with Crippen molar-refractivity contribution in [3.8, 4) is 0 Å². The minimum atomic E-state index is 0.111. The Morgan fingerprint density at radius 1 is 1.31 bits per heavy atom. The summed E-state index contributed by atoms with van der Waals surface area (Å²) < 4.78 is 5.77. The summed E-state index contributed by atoms with van der Waals surface area (Å²) in [6.45, 7) is 9.01. The van der Waals surface area contributed by atoms with Gasteiger partial charge in [0.15, 0.2) is 0 Å². The van der Waals surface area contributed by atoms with Gasteiger partial charge in [-0.25, -0.2) is 0 Å². The highest BCUT2D eigenvalue weighted by molar-refractivity contribution is 6.30. The number of likely N-dealkylation sites (tertiary alicyclic amines) is 1. The number of piperidine rings is 1. The Balaban J connectivity index is 1.58. The molecule has 0 spiro atoms. The summed E-state index contributed by atoms with van der Waals surface area (Å²) in [7, 11) is 2.10. The number of carbonyl (C=O) groups excluding carboxylic acids is 1. The lowest BCUT2D eigenvalue weighted by molar-refractivity contribution is 0.0646. The van der Waals surface area contributed by atoms with Crippen molar-refractivity contribution in [2.24, 2.45) is 5.92 Å². The molecule has 0 saturated carbocycles. The van der Waals surface area contributed by atoms with Crippen molar-refractivity contribution in [2.75, 3.05) is 46.4 Å². The van der Waals surface area contributed by atoms with Gasteiger partial charge in [-0.2, -0.15) is 0 Å². The van der Waals surface area contributed by atoms with Gasteiger partial charge in [0.2, 0.25) is 0 Å². The molecule has 1 amide bonds. The van der Waals surface area contributed by atoms with Crippen molar-refractivity contribution >= 4 is 17.5 Å². The van der Waals surface area contributed by atoms with E-state index in [2.05, 4.69) is 18.5 Å². The Bertz CT molecular complexity index is 554. The van der Waals surface area contributed by atoms with E-state index in [1.54, 1.807) is 24.3 Å². The van der Waals surface area contributed by atoms with Gasteiger partial charge >= 0.3 is 0 Å². The number of benzene rings is 1. The second-order valence-corrected chi connectivity index (χ2v) is 7.48. The van der Waals surface area contributed by atoms with Crippen molar-refractivity contribution in [2.45, 2.75) is 25.7 Å². The van der Waals surface area contributed by atoms with Crippen LogP contribution in [0.2, 0.25) is 5.02 Å². The van der Waals surface area contributed by atoms with Gasteiger partial charge in [0, 0.05) is 50.0 Å². The second kappa shape index (κ2) is 11.4. The van der Waals surface area contributed by atoms with Crippen molar-refractivity contribution in [1.82, 2.24) is 9.80 Å². The van der Waals surface area contributed by atoms with E-state index in [4.69, 9.17) is 16.3 Å². The zero-order valence-electron chi connectivity index (χ0n) is 15.8. The van der Waals surface area contributed by atoms with Gasteiger partial charge < -0.3 is 14.5 Å². The molecule has 1 aromatic rings. The Morgan fingerprint density at radius 3 is 2.65 bits per heavy atom. The highest BCUT2D eigenvalue weighted by atomic mass is 35.5. The van der Waals surface area contributed by atoms with Crippen LogP contribution in [-0.2, 0) is 4.74 Å². The van der Waals surface area contributed by atoms with Crippen LogP contribution in [0.4, 0.5) is 0 Å². The fourth-order valence-corrected chi connectivity index (χ4v) is 3.43. The standard InChI is InChI=1S/C21H31ClN2O2/c1-3-12-23(2)13-4-16-26-17-11-18-9-14-24(15-10-18)21(25)19-5-7-20(22)8-6-19/h3,5-8,18H,1,4,9-17H2,2H3. The molecular formula is C21H31ClN2O2. The molecule has 0 aliphatic carbocycles. The largest absolute Gasteiger partial charge is 0.381 e. The van der Waals surface area contributed by atoms with E-state index in [1.807, 2.05) is 11.0 Å². The quantitative estimate of drug-likeness (QED) is 0.453. The summed E-state index contributed by atoms with van der Waals surface area (Å²) in [5, 5.41) is 0.660. The molecule has 1 aliphatic heterocycles. The summed E-state index contributed by atoms with van der Waals surface area (Å²) in [5.41, 5.74) is 0.720. The van der Waals surface area contributed by atoms with Crippen LogP contribution in [0.3, 0.4) is 0 Å². The van der Waals surface area contributed by atoms with Crippen molar-refractivity contribution in [3.05, 3.63) is 47.5 Å². The maximum Gasteiger partial charge on any atom is 0.253 e. The number of likely N-dealkylation sites (N-methyl/N-ethyl adjacent to an activating group) is 1. The van der Waals surface area contributed by atoms with E-state index >= 15 is 0 Å².